The number of carbonyl (C=O) groups excluding carboxylic acids is 2. The fourth-order valence-corrected chi connectivity index (χ4v) is 6.01. The summed E-state index contributed by atoms with van der Waals surface area (Å²) in [5, 5.41) is 5.55. The van der Waals surface area contributed by atoms with E-state index < -0.39 is 10.0 Å². The molecule has 2 aromatic rings. The van der Waals surface area contributed by atoms with Crippen LogP contribution in [0.1, 0.15) is 37.3 Å². The monoisotopic (exact) mass is 485 g/mol. The van der Waals surface area contributed by atoms with Crippen LogP contribution >= 0.6 is 0 Å². The number of anilines is 1. The van der Waals surface area contributed by atoms with Gasteiger partial charge in [0.25, 0.3) is 5.91 Å². The highest BCUT2D eigenvalue weighted by atomic mass is 32.2. The van der Waals surface area contributed by atoms with Crippen molar-refractivity contribution in [3.63, 3.8) is 0 Å². The Balaban J connectivity index is 1.28. The van der Waals surface area contributed by atoms with Crippen LogP contribution in [-0.2, 0) is 32.5 Å². The number of nitrogens with zero attached hydrogens (tertiary/aromatic N) is 1. The molecule has 182 valence electrons. The van der Waals surface area contributed by atoms with E-state index in [1.807, 2.05) is 19.1 Å². The number of ether oxygens (including phenoxy) is 1. The van der Waals surface area contributed by atoms with Gasteiger partial charge in [0.1, 0.15) is 5.75 Å². The minimum atomic E-state index is -3.55. The summed E-state index contributed by atoms with van der Waals surface area (Å²) in [4.78, 5) is 24.6. The molecule has 1 aliphatic heterocycles. The molecule has 9 heteroatoms. The number of hydrogen-bond donors (Lipinski definition) is 2. The molecule has 2 N–H and O–H groups in total. The molecule has 0 spiro atoms. The molecule has 2 aliphatic rings. The van der Waals surface area contributed by atoms with E-state index in [1.165, 1.54) is 9.87 Å². The number of aryl methyl sites for hydroxylation is 2. The fourth-order valence-electron chi connectivity index (χ4n) is 4.49. The van der Waals surface area contributed by atoms with Gasteiger partial charge in [-0.1, -0.05) is 6.07 Å². The summed E-state index contributed by atoms with van der Waals surface area (Å²) >= 11 is 0. The molecule has 0 bridgehead atoms. The molecule has 34 heavy (non-hydrogen) atoms. The molecule has 2 amide bonds. The zero-order chi connectivity index (χ0) is 24.1. The first-order valence-electron chi connectivity index (χ1n) is 11.8. The van der Waals surface area contributed by atoms with Gasteiger partial charge in [0.05, 0.1) is 4.90 Å². The van der Waals surface area contributed by atoms with Crippen LogP contribution in [0.25, 0.3) is 0 Å². The van der Waals surface area contributed by atoms with Crippen molar-refractivity contribution in [1.82, 2.24) is 9.62 Å². The topological polar surface area (TPSA) is 105 Å². The van der Waals surface area contributed by atoms with Gasteiger partial charge in [-0.2, -0.15) is 4.31 Å². The van der Waals surface area contributed by atoms with Crippen molar-refractivity contribution in [3.8, 4) is 5.75 Å². The number of amides is 2. The number of nitrogens with one attached hydrogen (secondary N) is 2. The van der Waals surface area contributed by atoms with Crippen molar-refractivity contribution >= 4 is 27.5 Å². The second-order valence-electron chi connectivity index (χ2n) is 8.72. The third-order valence-electron chi connectivity index (χ3n) is 6.40. The van der Waals surface area contributed by atoms with Crippen LogP contribution in [0.4, 0.5) is 5.69 Å². The number of hydrogen-bond acceptors (Lipinski definition) is 5. The third kappa shape index (κ3) is 5.59. The number of rotatable bonds is 8. The van der Waals surface area contributed by atoms with Crippen LogP contribution in [0.5, 0.6) is 5.75 Å². The average molecular weight is 486 g/mol. The Labute approximate surface area is 200 Å². The molecule has 0 radical (unpaired) electrons. The van der Waals surface area contributed by atoms with Crippen molar-refractivity contribution in [1.29, 1.82) is 0 Å². The lowest BCUT2D eigenvalue weighted by molar-refractivity contribution is -0.123. The average Bonchev–Trinajstić information content (AvgIpc) is 3.32. The molecule has 8 nitrogen and oxygen atoms in total. The Morgan fingerprint density at radius 2 is 1.74 bits per heavy atom. The van der Waals surface area contributed by atoms with Gasteiger partial charge in [-0.15, -0.1) is 0 Å². The maximum atomic E-state index is 13.1. The maximum Gasteiger partial charge on any atom is 0.257 e. The molecule has 0 saturated carbocycles. The fraction of sp³-hybridized carbons (Fsp3) is 0.440. The summed E-state index contributed by atoms with van der Waals surface area (Å²) in [5.41, 5.74) is 3.01. The first-order valence-corrected chi connectivity index (χ1v) is 13.2. The van der Waals surface area contributed by atoms with E-state index in [1.54, 1.807) is 30.3 Å². The highest BCUT2D eigenvalue weighted by Gasteiger charge is 2.32. The smallest absolute Gasteiger partial charge is 0.257 e. The Bertz CT molecular complexity index is 1140. The Hall–Kier alpha value is -2.91. The van der Waals surface area contributed by atoms with E-state index in [2.05, 4.69) is 10.6 Å². The summed E-state index contributed by atoms with van der Waals surface area (Å²) in [6, 6.07) is 12.3. The van der Waals surface area contributed by atoms with Crippen LogP contribution in [0.2, 0.25) is 0 Å². The van der Waals surface area contributed by atoms with Gasteiger partial charge in [0.15, 0.2) is 6.61 Å². The van der Waals surface area contributed by atoms with E-state index in [-0.39, 0.29) is 24.3 Å². The lowest BCUT2D eigenvalue weighted by Gasteiger charge is -2.30. The van der Waals surface area contributed by atoms with Crippen LogP contribution < -0.4 is 15.4 Å². The molecule has 0 atom stereocenters. The number of fused-ring (bicyclic) bond motifs is 1. The van der Waals surface area contributed by atoms with Gasteiger partial charge < -0.3 is 15.4 Å². The zero-order valence-electron chi connectivity index (χ0n) is 19.4. The normalized spacial score (nSPS) is 16.6. The lowest BCUT2D eigenvalue weighted by atomic mass is 9.97. The highest BCUT2D eigenvalue weighted by molar-refractivity contribution is 7.89. The van der Waals surface area contributed by atoms with Crippen molar-refractivity contribution < 1.29 is 22.7 Å². The Morgan fingerprint density at radius 3 is 2.44 bits per heavy atom. The van der Waals surface area contributed by atoms with Gasteiger partial charge in [-0.3, -0.25) is 9.59 Å². The van der Waals surface area contributed by atoms with E-state index in [0.29, 0.717) is 48.8 Å². The molecule has 1 aliphatic carbocycles. The van der Waals surface area contributed by atoms with E-state index in [0.717, 1.165) is 24.8 Å². The van der Waals surface area contributed by atoms with Gasteiger partial charge >= 0.3 is 0 Å². The third-order valence-corrected chi connectivity index (χ3v) is 8.29. The number of sulfonamides is 1. The predicted octanol–water partition coefficient (Wildman–Crippen LogP) is 2.73. The van der Waals surface area contributed by atoms with Crippen LogP contribution in [-0.4, -0.2) is 50.8 Å². The van der Waals surface area contributed by atoms with Crippen LogP contribution in [0.3, 0.4) is 0 Å². The highest BCUT2D eigenvalue weighted by Crippen LogP contribution is 2.29. The molecular formula is C25H31N3O5S. The van der Waals surface area contributed by atoms with Gasteiger partial charge in [0, 0.05) is 31.2 Å². The minimum Gasteiger partial charge on any atom is -0.484 e. The predicted molar refractivity (Wildman–Crippen MR) is 129 cm³/mol. The SMILES string of the molecule is CCNC(=O)COc1ccc(NC(=O)C2CCN(S(=O)(=O)c3ccc4c(c3)CCC4)CC2)cc1. The molecule has 0 aromatic heterocycles. The molecule has 1 saturated heterocycles. The van der Waals surface area contributed by atoms with Gasteiger partial charge in [-0.25, -0.2) is 8.42 Å². The summed E-state index contributed by atoms with van der Waals surface area (Å²) in [6.07, 6.45) is 3.98. The zero-order valence-corrected chi connectivity index (χ0v) is 20.2. The van der Waals surface area contributed by atoms with Crippen LogP contribution in [0.15, 0.2) is 47.4 Å². The molecular weight excluding hydrogens is 454 g/mol. The van der Waals surface area contributed by atoms with Crippen molar-refractivity contribution in [2.45, 2.75) is 43.9 Å². The number of carbonyl (C=O) groups is 2. The van der Waals surface area contributed by atoms with E-state index >= 15 is 0 Å². The van der Waals surface area contributed by atoms with Crippen LogP contribution in [0, 0.1) is 5.92 Å². The summed E-state index contributed by atoms with van der Waals surface area (Å²) in [7, 11) is -3.55. The van der Waals surface area contributed by atoms with Gasteiger partial charge in [0.2, 0.25) is 15.9 Å². The minimum absolute atomic E-state index is 0.0630. The van der Waals surface area contributed by atoms with Crippen molar-refractivity contribution in [3.05, 3.63) is 53.6 Å². The quantitative estimate of drug-likeness (QED) is 0.598. The van der Waals surface area contributed by atoms with Crippen molar-refractivity contribution in [2.75, 3.05) is 31.6 Å². The molecule has 4 rings (SSSR count). The molecule has 1 heterocycles. The molecule has 0 unspecified atom stereocenters. The second kappa shape index (κ2) is 10.6. The lowest BCUT2D eigenvalue weighted by Crippen LogP contribution is -2.41. The van der Waals surface area contributed by atoms with Gasteiger partial charge in [-0.05, 0) is 86.6 Å². The van der Waals surface area contributed by atoms with Crippen molar-refractivity contribution in [2.24, 2.45) is 5.92 Å². The first kappa shape index (κ1) is 24.2. The Kier molecular flexibility index (Phi) is 7.53. The maximum absolute atomic E-state index is 13.1. The first-order chi connectivity index (χ1) is 16.4. The number of piperidine rings is 1. The standard InChI is InChI=1S/C25H31N3O5S/c1-2-26-24(29)17-33-22-9-7-21(8-10-22)27-25(30)19-12-14-28(15-13-19)34(31,32)23-11-6-18-4-3-5-20(18)16-23/h6-11,16,19H,2-5,12-15,17H2,1H3,(H,26,29)(H,27,30). The number of benzene rings is 2. The second-order valence-corrected chi connectivity index (χ2v) is 10.7. The Morgan fingerprint density at radius 1 is 1.03 bits per heavy atom. The largest absolute Gasteiger partial charge is 0.484 e. The summed E-state index contributed by atoms with van der Waals surface area (Å²) in [6.45, 7) is 2.97. The summed E-state index contributed by atoms with van der Waals surface area (Å²) < 4.78 is 33.1. The summed E-state index contributed by atoms with van der Waals surface area (Å²) in [5.74, 6) is -0.0237. The number of likely N-dealkylation sites (N-methyl/N-ethyl adjacent to an activating group) is 1. The van der Waals surface area contributed by atoms with E-state index in [4.69, 9.17) is 4.74 Å². The van der Waals surface area contributed by atoms with E-state index in [9.17, 15) is 18.0 Å². The molecule has 2 aromatic carbocycles. The molecule has 1 fully saturated rings.